The van der Waals surface area contributed by atoms with E-state index in [1.54, 1.807) is 13.4 Å². The first-order valence-electron chi connectivity index (χ1n) is 6.70. The van der Waals surface area contributed by atoms with Crippen LogP contribution in [0.15, 0.2) is 28.9 Å². The van der Waals surface area contributed by atoms with Crippen molar-refractivity contribution in [3.05, 3.63) is 51.9 Å². The number of nitrogens with one attached hydrogen (secondary N) is 1. The van der Waals surface area contributed by atoms with Gasteiger partial charge in [0.1, 0.15) is 5.75 Å². The number of furan rings is 1. The van der Waals surface area contributed by atoms with Crippen molar-refractivity contribution in [3.63, 3.8) is 0 Å². The third-order valence-corrected chi connectivity index (χ3v) is 3.89. The molecule has 0 amide bonds. The molecule has 0 bridgehead atoms. The van der Waals surface area contributed by atoms with E-state index in [1.165, 1.54) is 5.56 Å². The molecule has 1 N–H and O–H groups in total. The summed E-state index contributed by atoms with van der Waals surface area (Å²) in [5, 5.41) is 3.85. The van der Waals surface area contributed by atoms with Crippen LogP contribution < -0.4 is 10.1 Å². The molecule has 1 aromatic heterocycles. The Morgan fingerprint density at radius 3 is 2.55 bits per heavy atom. The average Bonchev–Trinajstić information content (AvgIpc) is 2.85. The van der Waals surface area contributed by atoms with E-state index in [-0.39, 0.29) is 6.04 Å². The molecule has 20 heavy (non-hydrogen) atoms. The molecule has 0 spiro atoms. The van der Waals surface area contributed by atoms with Gasteiger partial charge < -0.3 is 14.5 Å². The van der Waals surface area contributed by atoms with Crippen LogP contribution in [0.25, 0.3) is 0 Å². The van der Waals surface area contributed by atoms with Crippen molar-refractivity contribution >= 4 is 11.6 Å². The molecule has 0 aliphatic rings. The largest absolute Gasteiger partial charge is 0.496 e. The lowest BCUT2D eigenvalue weighted by molar-refractivity contribution is 0.400. The molecule has 1 heterocycles. The summed E-state index contributed by atoms with van der Waals surface area (Å²) in [6.07, 6.45) is 1.61. The first-order chi connectivity index (χ1) is 9.60. The van der Waals surface area contributed by atoms with Crippen LogP contribution in [0.2, 0.25) is 5.22 Å². The molecule has 1 unspecified atom stereocenters. The maximum absolute atomic E-state index is 6.14. The van der Waals surface area contributed by atoms with Crippen LogP contribution in [0.4, 0.5) is 0 Å². The van der Waals surface area contributed by atoms with Crippen LogP contribution in [0.3, 0.4) is 0 Å². The topological polar surface area (TPSA) is 34.4 Å². The molecular formula is C16H20ClNO2. The molecule has 2 aromatic rings. The second kappa shape index (κ2) is 6.33. The van der Waals surface area contributed by atoms with Crippen LogP contribution in [0.5, 0.6) is 5.75 Å². The van der Waals surface area contributed by atoms with E-state index in [2.05, 4.69) is 38.2 Å². The van der Waals surface area contributed by atoms with Crippen molar-refractivity contribution in [1.29, 1.82) is 0 Å². The summed E-state index contributed by atoms with van der Waals surface area (Å²) in [6.45, 7) is 7.03. The number of aryl methyl sites for hydroxylation is 1. The molecule has 1 atom stereocenters. The van der Waals surface area contributed by atoms with Gasteiger partial charge in [-0.05, 0) is 49.2 Å². The number of benzene rings is 1. The highest BCUT2D eigenvalue weighted by Gasteiger charge is 2.22. The average molecular weight is 294 g/mol. The molecule has 0 saturated carbocycles. The molecule has 0 aliphatic carbocycles. The van der Waals surface area contributed by atoms with E-state index in [4.69, 9.17) is 20.8 Å². The first-order valence-corrected chi connectivity index (χ1v) is 7.08. The molecular weight excluding hydrogens is 274 g/mol. The number of ether oxygens (including phenoxy) is 1. The molecule has 2 rings (SSSR count). The zero-order chi connectivity index (χ0) is 14.7. The van der Waals surface area contributed by atoms with E-state index in [9.17, 15) is 0 Å². The lowest BCUT2D eigenvalue weighted by Gasteiger charge is -2.22. The highest BCUT2D eigenvalue weighted by Crippen LogP contribution is 2.36. The van der Waals surface area contributed by atoms with Gasteiger partial charge in [0.2, 0.25) is 0 Å². The first kappa shape index (κ1) is 14.9. The number of methoxy groups -OCH3 is 1. The summed E-state index contributed by atoms with van der Waals surface area (Å²) >= 11 is 6.14. The van der Waals surface area contributed by atoms with Gasteiger partial charge in [0, 0.05) is 11.1 Å². The molecule has 1 aromatic carbocycles. The quantitative estimate of drug-likeness (QED) is 0.894. The van der Waals surface area contributed by atoms with Crippen molar-refractivity contribution in [2.24, 2.45) is 0 Å². The van der Waals surface area contributed by atoms with Gasteiger partial charge in [0.05, 0.1) is 19.4 Å². The number of hydrogen-bond donors (Lipinski definition) is 1. The molecule has 0 fully saturated rings. The zero-order valence-corrected chi connectivity index (χ0v) is 13.0. The Bertz CT molecular complexity index is 592. The highest BCUT2D eigenvalue weighted by molar-refractivity contribution is 6.29. The van der Waals surface area contributed by atoms with Gasteiger partial charge in [-0.2, -0.15) is 0 Å². The van der Waals surface area contributed by atoms with Crippen molar-refractivity contribution in [2.45, 2.75) is 26.8 Å². The van der Waals surface area contributed by atoms with Gasteiger partial charge in [0.25, 0.3) is 0 Å². The SMILES string of the molecule is CCNC(c1ccoc1Cl)c1ccc(C)c(C)c1OC. The Balaban J connectivity index is 2.56. The minimum Gasteiger partial charge on any atom is -0.496 e. The summed E-state index contributed by atoms with van der Waals surface area (Å²) in [7, 11) is 1.70. The van der Waals surface area contributed by atoms with Gasteiger partial charge in [-0.1, -0.05) is 19.1 Å². The fourth-order valence-electron chi connectivity index (χ4n) is 2.41. The van der Waals surface area contributed by atoms with Gasteiger partial charge in [-0.25, -0.2) is 0 Å². The second-order valence-electron chi connectivity index (χ2n) is 4.77. The predicted octanol–water partition coefficient (Wildman–Crippen LogP) is 4.26. The minimum absolute atomic E-state index is 0.0412. The molecule has 3 nitrogen and oxygen atoms in total. The molecule has 4 heteroatoms. The van der Waals surface area contributed by atoms with Crippen LogP contribution in [0.1, 0.15) is 35.2 Å². The zero-order valence-electron chi connectivity index (χ0n) is 12.3. The van der Waals surface area contributed by atoms with Crippen molar-refractivity contribution in [2.75, 3.05) is 13.7 Å². The summed E-state index contributed by atoms with van der Waals surface area (Å²) in [5.74, 6) is 0.896. The fourth-order valence-corrected chi connectivity index (χ4v) is 2.63. The van der Waals surface area contributed by atoms with Gasteiger partial charge in [-0.15, -0.1) is 0 Å². The summed E-state index contributed by atoms with van der Waals surface area (Å²) < 4.78 is 10.8. The number of halogens is 1. The second-order valence-corrected chi connectivity index (χ2v) is 5.11. The third kappa shape index (κ3) is 2.69. The summed E-state index contributed by atoms with van der Waals surface area (Å²) in [5.41, 5.74) is 4.35. The van der Waals surface area contributed by atoms with Crippen LogP contribution in [-0.4, -0.2) is 13.7 Å². The maximum atomic E-state index is 6.14. The van der Waals surface area contributed by atoms with Crippen LogP contribution in [0, 0.1) is 13.8 Å². The Morgan fingerprint density at radius 2 is 2.00 bits per heavy atom. The highest BCUT2D eigenvalue weighted by atomic mass is 35.5. The Kier molecular flexibility index (Phi) is 4.73. The molecule has 0 radical (unpaired) electrons. The van der Waals surface area contributed by atoms with Gasteiger partial charge in [0.15, 0.2) is 5.22 Å². The van der Waals surface area contributed by atoms with Gasteiger partial charge in [-0.3, -0.25) is 0 Å². The van der Waals surface area contributed by atoms with E-state index in [0.717, 1.165) is 29.0 Å². The molecule has 0 aliphatic heterocycles. The van der Waals surface area contributed by atoms with E-state index < -0.39 is 0 Å². The van der Waals surface area contributed by atoms with E-state index >= 15 is 0 Å². The summed E-state index contributed by atoms with van der Waals surface area (Å²) in [6, 6.07) is 6.04. The fraction of sp³-hybridized carbons (Fsp3) is 0.375. The maximum Gasteiger partial charge on any atom is 0.198 e. The van der Waals surface area contributed by atoms with E-state index in [0.29, 0.717) is 5.22 Å². The smallest absolute Gasteiger partial charge is 0.198 e. The normalized spacial score (nSPS) is 12.4. The standard InChI is InChI=1S/C16H20ClNO2/c1-5-18-14(13-8-9-20-16(13)17)12-7-6-10(2)11(3)15(12)19-4/h6-9,14,18H,5H2,1-4H3. The Morgan fingerprint density at radius 1 is 1.25 bits per heavy atom. The number of hydrogen-bond acceptors (Lipinski definition) is 3. The van der Waals surface area contributed by atoms with Crippen molar-refractivity contribution in [1.82, 2.24) is 5.32 Å². The lowest BCUT2D eigenvalue weighted by Crippen LogP contribution is -2.22. The minimum atomic E-state index is -0.0412. The monoisotopic (exact) mass is 293 g/mol. The van der Waals surface area contributed by atoms with Crippen molar-refractivity contribution in [3.8, 4) is 5.75 Å². The van der Waals surface area contributed by atoms with Crippen LogP contribution in [-0.2, 0) is 0 Å². The molecule has 0 saturated heterocycles. The Hall–Kier alpha value is -1.45. The van der Waals surface area contributed by atoms with Crippen molar-refractivity contribution < 1.29 is 9.15 Å². The Labute approximate surface area is 124 Å². The van der Waals surface area contributed by atoms with E-state index in [1.807, 2.05) is 6.07 Å². The van der Waals surface area contributed by atoms with Gasteiger partial charge >= 0.3 is 0 Å². The molecule has 108 valence electrons. The third-order valence-electron chi connectivity index (χ3n) is 3.59. The lowest BCUT2D eigenvalue weighted by atomic mass is 9.95. The number of rotatable bonds is 5. The predicted molar refractivity (Wildman–Crippen MR) is 81.7 cm³/mol. The summed E-state index contributed by atoms with van der Waals surface area (Å²) in [4.78, 5) is 0. The van der Waals surface area contributed by atoms with Crippen LogP contribution >= 0.6 is 11.6 Å².